The van der Waals surface area contributed by atoms with Crippen molar-refractivity contribution in [3.63, 3.8) is 0 Å². The van der Waals surface area contributed by atoms with Crippen LogP contribution in [0.5, 0.6) is 5.75 Å². The molecule has 37 heavy (non-hydrogen) atoms. The second-order valence-corrected chi connectivity index (χ2v) is 10.2. The number of hydrogen-bond acceptors (Lipinski definition) is 11. The number of nitrogens with two attached hydrogens (primary N) is 2. The number of hydrogen-bond donors (Lipinski definition) is 7. The molecule has 0 radical (unpaired) electrons. The summed E-state index contributed by atoms with van der Waals surface area (Å²) in [5.41, 5.74) is 9.25. The summed E-state index contributed by atoms with van der Waals surface area (Å²) in [5, 5.41) is 47.4. The van der Waals surface area contributed by atoms with E-state index in [-0.39, 0.29) is 42.9 Å². The Bertz CT molecular complexity index is 1270. The number of amides is 1. The fraction of sp³-hybridized carbons (Fsp3) is 0.480. The van der Waals surface area contributed by atoms with Crippen LogP contribution in [0, 0.1) is 11.8 Å². The van der Waals surface area contributed by atoms with Crippen LogP contribution in [0.2, 0.25) is 0 Å². The maximum Gasteiger partial charge on any atom is 0.259 e. The second kappa shape index (κ2) is 9.14. The molecule has 200 valence electrons. The molecule has 12 heteroatoms. The number of phenols is 1. The lowest BCUT2D eigenvalue weighted by Gasteiger charge is -2.50. The Morgan fingerprint density at radius 3 is 2.35 bits per heavy atom. The lowest BCUT2D eigenvalue weighted by molar-refractivity contribution is -0.153. The standard InChI is InChI=1S/C25H33N5O7/c1-29(2)14-7-11(8-26)19(31)16-12(14)5-10-6-13-18(30(3)4)21(33)17(24(36)28-9-27)23(35)25(13,37)22(34)15(10)20(16)32/h7,10,13,18,31-32,35,37H,5-6,8-9,26-27H2,1-4H3,(H,28,36)/t10?,13?,18-,25+/m1/s1. The number of ketones is 2. The lowest BCUT2D eigenvalue weighted by Crippen LogP contribution is -2.66. The van der Waals surface area contributed by atoms with Crippen molar-refractivity contribution in [2.24, 2.45) is 23.3 Å². The number of fused-ring (bicyclic) bond motifs is 3. The van der Waals surface area contributed by atoms with Crippen molar-refractivity contribution in [3.05, 3.63) is 39.7 Å². The minimum absolute atomic E-state index is 0.0261. The average Bonchev–Trinajstić information content (AvgIpc) is 2.81. The van der Waals surface area contributed by atoms with Crippen LogP contribution in [0.4, 0.5) is 5.69 Å². The SMILES string of the molecule is CN(C)c1cc(CN)c(O)c2c1CC1CC3[C@@H](N(C)C)C(=O)C(C(=O)NCN)=C(O)[C@@]3(O)C(=O)C1=C2O. The minimum Gasteiger partial charge on any atom is -0.508 e. The number of anilines is 1. The molecule has 9 N–H and O–H groups in total. The molecule has 3 aliphatic carbocycles. The molecule has 1 aromatic rings. The summed E-state index contributed by atoms with van der Waals surface area (Å²) >= 11 is 0. The molecule has 0 heterocycles. The van der Waals surface area contributed by atoms with Crippen LogP contribution in [0.3, 0.4) is 0 Å². The number of phenolic OH excluding ortho intramolecular Hbond substituents is 1. The van der Waals surface area contributed by atoms with E-state index in [0.29, 0.717) is 16.8 Å². The third kappa shape index (κ3) is 3.62. The number of rotatable bonds is 5. The molecular weight excluding hydrogens is 482 g/mol. The zero-order chi connectivity index (χ0) is 27.6. The van der Waals surface area contributed by atoms with Crippen LogP contribution in [-0.4, -0.2) is 89.3 Å². The molecule has 4 rings (SSSR count). The molecule has 1 fully saturated rings. The van der Waals surface area contributed by atoms with Crippen molar-refractivity contribution >= 4 is 28.9 Å². The Kier molecular flexibility index (Phi) is 6.57. The highest BCUT2D eigenvalue weighted by atomic mass is 16.3. The smallest absolute Gasteiger partial charge is 0.259 e. The van der Waals surface area contributed by atoms with E-state index in [0.717, 1.165) is 0 Å². The summed E-state index contributed by atoms with van der Waals surface area (Å²) in [6.07, 6.45) is 0.260. The summed E-state index contributed by atoms with van der Waals surface area (Å²) in [6.45, 7) is -0.366. The Hall–Kier alpha value is -3.45. The lowest BCUT2D eigenvalue weighted by atomic mass is 9.57. The van der Waals surface area contributed by atoms with E-state index in [1.54, 1.807) is 39.2 Å². The number of aliphatic hydroxyl groups excluding tert-OH is 2. The topological polar surface area (TPSA) is 203 Å². The van der Waals surface area contributed by atoms with Gasteiger partial charge in [0.05, 0.1) is 18.3 Å². The zero-order valence-electron chi connectivity index (χ0n) is 21.2. The molecule has 0 spiro atoms. The van der Waals surface area contributed by atoms with Gasteiger partial charge < -0.3 is 42.1 Å². The van der Waals surface area contributed by atoms with Gasteiger partial charge in [0.25, 0.3) is 5.91 Å². The summed E-state index contributed by atoms with van der Waals surface area (Å²) < 4.78 is 0. The molecule has 1 saturated carbocycles. The highest BCUT2D eigenvalue weighted by Gasteiger charge is 2.64. The summed E-state index contributed by atoms with van der Waals surface area (Å²) in [5.74, 6) is -6.42. The molecule has 0 aliphatic heterocycles. The molecule has 3 aliphatic rings. The van der Waals surface area contributed by atoms with Gasteiger partial charge in [0.2, 0.25) is 5.78 Å². The maximum absolute atomic E-state index is 14.0. The monoisotopic (exact) mass is 515 g/mol. The molecule has 12 nitrogen and oxygen atoms in total. The summed E-state index contributed by atoms with van der Waals surface area (Å²) in [6, 6.07) is 0.603. The molecule has 4 atom stereocenters. The Balaban J connectivity index is 1.99. The predicted octanol–water partition coefficient (Wildman–Crippen LogP) is -0.964. The zero-order valence-corrected chi connectivity index (χ0v) is 21.2. The Labute approximate surface area is 213 Å². The van der Waals surface area contributed by atoms with Gasteiger partial charge in [0.1, 0.15) is 22.8 Å². The van der Waals surface area contributed by atoms with Gasteiger partial charge in [-0.25, -0.2) is 0 Å². The number of carbonyl (C=O) groups is 3. The van der Waals surface area contributed by atoms with Crippen LogP contribution in [0.25, 0.3) is 5.76 Å². The molecule has 1 amide bonds. The largest absolute Gasteiger partial charge is 0.508 e. The van der Waals surface area contributed by atoms with Gasteiger partial charge >= 0.3 is 0 Å². The number of carbonyl (C=O) groups excluding carboxylic acids is 3. The van der Waals surface area contributed by atoms with Crippen molar-refractivity contribution in [3.8, 4) is 5.75 Å². The first-order valence-corrected chi connectivity index (χ1v) is 11.9. The van der Waals surface area contributed by atoms with Gasteiger partial charge in [0, 0.05) is 43.4 Å². The maximum atomic E-state index is 14.0. The second-order valence-electron chi connectivity index (χ2n) is 10.2. The number of aliphatic hydroxyl groups is 3. The number of benzene rings is 1. The van der Waals surface area contributed by atoms with Crippen LogP contribution < -0.4 is 21.7 Å². The van der Waals surface area contributed by atoms with Crippen LogP contribution in [-0.2, 0) is 27.3 Å². The normalized spacial score (nSPS) is 27.2. The van der Waals surface area contributed by atoms with Crippen LogP contribution in [0.15, 0.2) is 23.0 Å². The number of nitrogens with zero attached hydrogens (tertiary/aromatic N) is 2. The van der Waals surface area contributed by atoms with E-state index in [1.807, 2.05) is 0 Å². The Morgan fingerprint density at radius 1 is 1.16 bits per heavy atom. The van der Waals surface area contributed by atoms with Gasteiger partial charge in [-0.1, -0.05) is 0 Å². The summed E-state index contributed by atoms with van der Waals surface area (Å²) in [7, 11) is 6.74. The highest BCUT2D eigenvalue weighted by molar-refractivity contribution is 6.25. The number of nitrogens with one attached hydrogen (secondary N) is 1. The quantitative estimate of drug-likeness (QED) is 0.188. The van der Waals surface area contributed by atoms with Crippen molar-refractivity contribution in [1.29, 1.82) is 0 Å². The summed E-state index contributed by atoms with van der Waals surface area (Å²) in [4.78, 5) is 43.3. The molecule has 2 unspecified atom stereocenters. The van der Waals surface area contributed by atoms with E-state index in [2.05, 4.69) is 5.32 Å². The van der Waals surface area contributed by atoms with Crippen LogP contribution in [0.1, 0.15) is 23.1 Å². The number of likely N-dealkylation sites (N-methyl/N-ethyl adjacent to an activating group) is 1. The molecular formula is C25H33N5O7. The van der Waals surface area contributed by atoms with Gasteiger partial charge in [-0.2, -0.15) is 0 Å². The number of aromatic hydroxyl groups is 1. The van der Waals surface area contributed by atoms with Crippen molar-refractivity contribution in [2.45, 2.75) is 31.0 Å². The van der Waals surface area contributed by atoms with Crippen molar-refractivity contribution in [2.75, 3.05) is 39.8 Å². The first-order chi connectivity index (χ1) is 17.3. The van der Waals surface area contributed by atoms with Crippen LogP contribution >= 0.6 is 0 Å². The van der Waals surface area contributed by atoms with E-state index >= 15 is 0 Å². The first kappa shape index (κ1) is 26.6. The minimum atomic E-state index is -2.66. The average molecular weight is 516 g/mol. The fourth-order valence-corrected chi connectivity index (χ4v) is 6.06. The van der Waals surface area contributed by atoms with E-state index in [4.69, 9.17) is 11.5 Å². The first-order valence-electron chi connectivity index (χ1n) is 11.9. The molecule has 0 bridgehead atoms. The van der Waals surface area contributed by atoms with Crippen molar-refractivity contribution < 1.29 is 34.8 Å². The fourth-order valence-electron chi connectivity index (χ4n) is 6.06. The predicted molar refractivity (Wildman–Crippen MR) is 134 cm³/mol. The third-order valence-corrected chi connectivity index (χ3v) is 7.72. The molecule has 0 aromatic heterocycles. The van der Waals surface area contributed by atoms with E-state index in [1.165, 1.54) is 4.90 Å². The molecule has 0 saturated heterocycles. The van der Waals surface area contributed by atoms with E-state index < -0.39 is 58.0 Å². The van der Waals surface area contributed by atoms with Gasteiger partial charge in [-0.05, 0) is 44.5 Å². The molecule has 1 aromatic carbocycles. The van der Waals surface area contributed by atoms with Crippen molar-refractivity contribution in [1.82, 2.24) is 10.2 Å². The van der Waals surface area contributed by atoms with Gasteiger partial charge in [0.15, 0.2) is 11.4 Å². The van der Waals surface area contributed by atoms with Gasteiger partial charge in [-0.15, -0.1) is 0 Å². The Morgan fingerprint density at radius 2 is 1.81 bits per heavy atom. The van der Waals surface area contributed by atoms with Gasteiger partial charge in [-0.3, -0.25) is 19.3 Å². The third-order valence-electron chi connectivity index (χ3n) is 7.72. The highest BCUT2D eigenvalue weighted by Crippen LogP contribution is 2.54. The van der Waals surface area contributed by atoms with E-state index in [9.17, 15) is 34.8 Å². The number of Topliss-reactive ketones (excluding diaryl/α,β-unsaturated/α-hetero) is 2.